The van der Waals surface area contributed by atoms with Gasteiger partial charge in [-0.05, 0) is 91.3 Å². The second kappa shape index (κ2) is 13.3. The third-order valence-corrected chi connectivity index (χ3v) is 9.97. The number of carbonyl (C=O) groups is 2. The highest BCUT2D eigenvalue weighted by Gasteiger charge is 2.46. The molecule has 1 amide bonds. The molecule has 1 fully saturated rings. The summed E-state index contributed by atoms with van der Waals surface area (Å²) in [6, 6.07) is 11.3. The molecular weight excluding hydrogens is 580 g/mol. The van der Waals surface area contributed by atoms with Crippen molar-refractivity contribution in [2.45, 2.75) is 62.1 Å². The van der Waals surface area contributed by atoms with Crippen LogP contribution in [0.3, 0.4) is 0 Å². The van der Waals surface area contributed by atoms with Crippen LogP contribution < -0.4 is 15.0 Å². The smallest absolute Gasteiger partial charge is 0.343 e. The number of carbonyl (C=O) groups excluding carboxylic acids is 2. The summed E-state index contributed by atoms with van der Waals surface area (Å²) in [5.41, 5.74) is 0.920. The van der Waals surface area contributed by atoms with Crippen molar-refractivity contribution in [1.82, 2.24) is 5.32 Å². The number of aryl methyl sites for hydroxylation is 1. The quantitative estimate of drug-likeness (QED) is 0.187. The Morgan fingerprint density at radius 1 is 1.27 bits per heavy atom. The van der Waals surface area contributed by atoms with Gasteiger partial charge in [-0.15, -0.1) is 13.2 Å². The van der Waals surface area contributed by atoms with Crippen molar-refractivity contribution < 1.29 is 29.3 Å². The summed E-state index contributed by atoms with van der Waals surface area (Å²) in [4.78, 5) is 28.1. The minimum Gasteiger partial charge on any atom is -0.490 e. The van der Waals surface area contributed by atoms with Crippen LogP contribution in [0.4, 0.5) is 5.69 Å². The molecular formula is C35H43ClN2O6. The first kappa shape index (κ1) is 32.1. The van der Waals surface area contributed by atoms with Crippen molar-refractivity contribution in [3.63, 3.8) is 0 Å². The van der Waals surface area contributed by atoms with E-state index in [1.807, 2.05) is 6.07 Å². The van der Waals surface area contributed by atoms with Gasteiger partial charge in [0.1, 0.15) is 5.75 Å². The Labute approximate surface area is 264 Å². The number of aliphatic hydroxyl groups excluding tert-OH is 1. The van der Waals surface area contributed by atoms with Crippen LogP contribution in [0, 0.1) is 11.8 Å². The lowest BCUT2D eigenvalue weighted by molar-refractivity contribution is -0.166. The van der Waals surface area contributed by atoms with Gasteiger partial charge in [-0.2, -0.15) is 0 Å². The second-order valence-corrected chi connectivity index (χ2v) is 12.9. The van der Waals surface area contributed by atoms with Crippen molar-refractivity contribution in [2.75, 3.05) is 38.3 Å². The number of fused-ring (bicyclic) bond motifs is 3. The molecule has 8 nitrogen and oxygen atoms in total. The number of nitrogens with zero attached hydrogens (tertiary/aromatic N) is 1. The number of methoxy groups -OCH3 is 1. The minimum atomic E-state index is -2.20. The molecule has 0 radical (unpaired) electrons. The van der Waals surface area contributed by atoms with Gasteiger partial charge < -0.3 is 29.9 Å². The molecule has 3 N–H and O–H groups in total. The zero-order chi connectivity index (χ0) is 31.5. The van der Waals surface area contributed by atoms with Gasteiger partial charge in [-0.1, -0.05) is 35.9 Å². The second-order valence-electron chi connectivity index (χ2n) is 12.5. The highest BCUT2D eigenvalue weighted by molar-refractivity contribution is 6.30. The van der Waals surface area contributed by atoms with E-state index in [-0.39, 0.29) is 22.8 Å². The number of esters is 1. The van der Waals surface area contributed by atoms with Gasteiger partial charge in [0, 0.05) is 30.1 Å². The Morgan fingerprint density at radius 3 is 2.80 bits per heavy atom. The van der Waals surface area contributed by atoms with Crippen LogP contribution in [-0.4, -0.2) is 61.5 Å². The van der Waals surface area contributed by atoms with Crippen molar-refractivity contribution >= 4 is 29.2 Å². The lowest BCUT2D eigenvalue weighted by Crippen LogP contribution is -2.49. The van der Waals surface area contributed by atoms with Crippen molar-refractivity contribution in [1.29, 1.82) is 0 Å². The fourth-order valence-corrected chi connectivity index (χ4v) is 7.36. The Kier molecular flexibility index (Phi) is 9.73. The maximum atomic E-state index is 13.0. The summed E-state index contributed by atoms with van der Waals surface area (Å²) in [7, 11) is 1.19. The maximum Gasteiger partial charge on any atom is 0.343 e. The molecule has 0 unspecified atom stereocenters. The Bertz CT molecular complexity index is 1410. The monoisotopic (exact) mass is 622 g/mol. The number of aliphatic hydroxyl groups is 2. The highest BCUT2D eigenvalue weighted by Crippen LogP contribution is 2.47. The van der Waals surface area contributed by atoms with Crippen LogP contribution in [0.2, 0.25) is 5.02 Å². The van der Waals surface area contributed by atoms with E-state index in [1.54, 1.807) is 30.4 Å². The van der Waals surface area contributed by atoms with E-state index in [1.165, 1.54) is 18.2 Å². The Balaban J connectivity index is 1.55. The zero-order valence-electron chi connectivity index (χ0n) is 25.4. The standard InChI is InChI=1S/C35H43ClN2O6/c1-4-6-16-37-32(40)19-35(42,33(41)43-3)25-10-14-31-29(18-25)38(20-24-9-12-27(24)30(39)5-2)21-34(22-44-31)15-7-8-23-17-26(36)11-13-28(23)34/h4-5,10-11,13-14,17-18,24,27,30,39,42H,1-2,6-9,12,15-16,19-22H2,3H3,(H,37,40)/t24-,27+,30-,34-,35+/m0/s1. The number of benzene rings is 2. The number of ether oxygens (including phenoxy) is 2. The van der Waals surface area contributed by atoms with Gasteiger partial charge >= 0.3 is 5.97 Å². The van der Waals surface area contributed by atoms with Crippen molar-refractivity contribution in [3.8, 4) is 5.75 Å². The lowest BCUT2D eigenvalue weighted by Gasteiger charge is -2.45. The first-order chi connectivity index (χ1) is 21.1. The molecule has 3 aliphatic rings. The number of hydrogen-bond donors (Lipinski definition) is 3. The number of rotatable bonds is 11. The summed E-state index contributed by atoms with van der Waals surface area (Å²) in [6.45, 7) is 9.56. The lowest BCUT2D eigenvalue weighted by atomic mass is 9.68. The van der Waals surface area contributed by atoms with E-state index in [4.69, 9.17) is 21.1 Å². The van der Waals surface area contributed by atoms with Gasteiger partial charge in [-0.25, -0.2) is 4.79 Å². The van der Waals surface area contributed by atoms with E-state index in [0.29, 0.717) is 43.4 Å². The third kappa shape index (κ3) is 6.25. The first-order valence-electron chi connectivity index (χ1n) is 15.4. The molecule has 5 atom stereocenters. The average molecular weight is 623 g/mol. The van der Waals surface area contributed by atoms with E-state index in [9.17, 15) is 19.8 Å². The fraction of sp³-hybridized carbons (Fsp3) is 0.486. The Hall–Kier alpha value is -3.33. The van der Waals surface area contributed by atoms with Gasteiger partial charge in [-0.3, -0.25) is 4.79 Å². The molecule has 1 spiro atoms. The number of hydrogen-bond acceptors (Lipinski definition) is 7. The molecule has 2 aliphatic carbocycles. The number of amides is 1. The summed E-state index contributed by atoms with van der Waals surface area (Å²) >= 11 is 6.39. The summed E-state index contributed by atoms with van der Waals surface area (Å²) in [5.74, 6) is -0.439. The number of nitrogens with one attached hydrogen (secondary N) is 1. The SMILES string of the molecule is C=CCCNC(=O)C[C@](O)(C(=O)OC)c1ccc2c(c1)N(C[C@@H]1CC[C@H]1[C@@H](O)C=C)C[C@@]1(CCCc3cc(Cl)ccc31)CO2. The molecule has 0 aromatic heterocycles. The van der Waals surface area contributed by atoms with Crippen LogP contribution in [0.15, 0.2) is 61.7 Å². The topological polar surface area (TPSA) is 108 Å². The van der Waals surface area contributed by atoms with Crippen LogP contribution in [0.25, 0.3) is 0 Å². The van der Waals surface area contributed by atoms with Crippen LogP contribution >= 0.6 is 11.6 Å². The van der Waals surface area contributed by atoms with E-state index >= 15 is 0 Å². The molecule has 0 bridgehead atoms. The van der Waals surface area contributed by atoms with Crippen molar-refractivity contribution in [2.24, 2.45) is 11.8 Å². The van der Waals surface area contributed by atoms with Crippen LogP contribution in [0.1, 0.15) is 55.2 Å². The first-order valence-corrected chi connectivity index (χ1v) is 15.8. The molecule has 5 rings (SSSR count). The highest BCUT2D eigenvalue weighted by atomic mass is 35.5. The zero-order valence-corrected chi connectivity index (χ0v) is 26.2. The summed E-state index contributed by atoms with van der Waals surface area (Å²) < 4.78 is 11.6. The molecule has 44 heavy (non-hydrogen) atoms. The van der Waals surface area contributed by atoms with E-state index in [2.05, 4.69) is 35.5 Å². The molecule has 1 saturated carbocycles. The minimum absolute atomic E-state index is 0.1000. The normalized spacial score (nSPS) is 24.3. The Morgan fingerprint density at radius 2 is 2.09 bits per heavy atom. The molecule has 1 heterocycles. The van der Waals surface area contributed by atoms with Gasteiger partial charge in [0.25, 0.3) is 0 Å². The van der Waals surface area contributed by atoms with Gasteiger partial charge in [0.15, 0.2) is 5.60 Å². The molecule has 0 saturated heterocycles. The molecule has 2 aromatic rings. The van der Waals surface area contributed by atoms with Crippen molar-refractivity contribution in [3.05, 3.63) is 83.4 Å². The molecule has 1 aliphatic heterocycles. The largest absolute Gasteiger partial charge is 0.490 e. The van der Waals surface area contributed by atoms with Crippen LogP contribution in [0.5, 0.6) is 5.75 Å². The summed E-state index contributed by atoms with van der Waals surface area (Å²) in [5, 5.41) is 25.8. The predicted molar refractivity (Wildman–Crippen MR) is 171 cm³/mol. The number of anilines is 1. The fourth-order valence-electron chi connectivity index (χ4n) is 7.17. The van der Waals surface area contributed by atoms with Crippen LogP contribution in [-0.2, 0) is 31.8 Å². The molecule has 9 heteroatoms. The summed E-state index contributed by atoms with van der Waals surface area (Å²) in [6.07, 6.45) is 7.54. The van der Waals surface area contributed by atoms with Gasteiger partial charge in [0.2, 0.25) is 5.91 Å². The number of halogens is 1. The average Bonchev–Trinajstić information content (AvgIpc) is 3.15. The maximum absolute atomic E-state index is 13.0. The van der Waals surface area contributed by atoms with E-state index in [0.717, 1.165) is 37.8 Å². The third-order valence-electron chi connectivity index (χ3n) is 9.74. The van der Waals surface area contributed by atoms with E-state index < -0.39 is 30.0 Å². The van der Waals surface area contributed by atoms with Gasteiger partial charge in [0.05, 0.1) is 31.9 Å². The molecule has 236 valence electrons. The predicted octanol–water partition coefficient (Wildman–Crippen LogP) is 4.83. The molecule has 2 aromatic carbocycles.